The van der Waals surface area contributed by atoms with Gasteiger partial charge in [-0.2, -0.15) is 0 Å². The number of rotatable bonds is 4. The van der Waals surface area contributed by atoms with Crippen LogP contribution >= 0.6 is 0 Å². The number of benzene rings is 2. The van der Waals surface area contributed by atoms with Crippen LogP contribution in [0.1, 0.15) is 23.0 Å². The van der Waals surface area contributed by atoms with E-state index in [0.29, 0.717) is 22.9 Å². The first-order valence-electron chi connectivity index (χ1n) is 11.5. The Morgan fingerprint density at radius 2 is 1.79 bits per heavy atom. The molecule has 0 bridgehead atoms. The van der Waals surface area contributed by atoms with Crippen LogP contribution in [0.3, 0.4) is 0 Å². The number of carbonyl (C=O) groups excluding carboxylic acids is 1. The smallest absolute Gasteiger partial charge is 0.231 e. The van der Waals surface area contributed by atoms with Crippen LogP contribution in [0.4, 0.5) is 5.69 Å². The van der Waals surface area contributed by atoms with Crippen molar-refractivity contribution in [2.24, 2.45) is 0 Å². The van der Waals surface area contributed by atoms with Crippen LogP contribution in [0.5, 0.6) is 11.5 Å². The van der Waals surface area contributed by atoms with Gasteiger partial charge in [0.15, 0.2) is 23.1 Å². The summed E-state index contributed by atoms with van der Waals surface area (Å²) in [5, 5.41) is 0. The molecular weight excluding hydrogens is 430 g/mol. The molecule has 0 unspecified atom stereocenters. The Hall–Kier alpha value is -3.78. The number of nitrogens with zero attached hydrogens (tertiary/aromatic N) is 3. The molecule has 0 spiro atoms. The minimum atomic E-state index is 0.00105. The molecule has 0 saturated carbocycles. The highest BCUT2D eigenvalue weighted by atomic mass is 16.7. The number of aromatic amines is 2. The summed E-state index contributed by atoms with van der Waals surface area (Å²) in [4.78, 5) is 29.2. The maximum Gasteiger partial charge on any atom is 0.231 e. The number of ether oxygens (including phenoxy) is 2. The molecular formula is C26H27N5O3. The lowest BCUT2D eigenvalue weighted by Gasteiger charge is -2.34. The minimum Gasteiger partial charge on any atom is -0.454 e. The van der Waals surface area contributed by atoms with Gasteiger partial charge >= 0.3 is 0 Å². The fraction of sp³-hybridized carbons (Fsp3) is 0.308. The summed E-state index contributed by atoms with van der Waals surface area (Å²) < 4.78 is 11.1. The van der Waals surface area contributed by atoms with Crippen LogP contribution < -0.4 is 14.4 Å². The Bertz CT molecular complexity index is 1410. The van der Waals surface area contributed by atoms with Crippen LogP contribution in [-0.2, 0) is 0 Å². The van der Waals surface area contributed by atoms with E-state index in [1.807, 2.05) is 25.1 Å². The van der Waals surface area contributed by atoms with E-state index in [1.54, 1.807) is 6.92 Å². The number of hydrogen-bond acceptors (Lipinski definition) is 6. The van der Waals surface area contributed by atoms with Gasteiger partial charge in [0.25, 0.3) is 0 Å². The molecule has 0 radical (unpaired) electrons. The Balaban J connectivity index is 1.45. The minimum absolute atomic E-state index is 0.00105. The van der Waals surface area contributed by atoms with Crippen molar-refractivity contribution in [1.29, 1.82) is 0 Å². The number of hydrogen-bond donors (Lipinski definition) is 2. The largest absolute Gasteiger partial charge is 0.454 e. The monoisotopic (exact) mass is 457 g/mol. The molecule has 4 aromatic rings. The first-order chi connectivity index (χ1) is 16.5. The molecule has 2 N–H and O–H groups in total. The van der Waals surface area contributed by atoms with Crippen molar-refractivity contribution >= 4 is 22.5 Å². The van der Waals surface area contributed by atoms with Crippen molar-refractivity contribution in [3.63, 3.8) is 0 Å². The van der Waals surface area contributed by atoms with Crippen LogP contribution in [0, 0.1) is 6.92 Å². The van der Waals surface area contributed by atoms with Crippen molar-refractivity contribution in [2.45, 2.75) is 13.8 Å². The summed E-state index contributed by atoms with van der Waals surface area (Å²) in [6.07, 6.45) is 0. The maximum absolute atomic E-state index is 12.6. The second kappa shape index (κ2) is 7.92. The molecule has 1 saturated heterocycles. The second-order valence-electron chi connectivity index (χ2n) is 9.08. The number of likely N-dealkylation sites (N-methyl/N-ethyl adjacent to an activating group) is 1. The van der Waals surface area contributed by atoms with E-state index in [1.165, 1.54) is 5.69 Å². The van der Waals surface area contributed by atoms with Gasteiger partial charge in [-0.05, 0) is 56.8 Å². The van der Waals surface area contributed by atoms with E-state index >= 15 is 0 Å². The van der Waals surface area contributed by atoms with E-state index in [4.69, 9.17) is 14.5 Å². The standard InChI is InChI=1S/C26H27N5O3/c1-15-23(16(2)32)24(17-4-7-21-22(12-17)34-14-33-21)25(27-15)26-28-19-6-5-18(13-20(19)29-26)31-10-8-30(3)9-11-31/h4-7,12-13,27H,8-11,14H2,1-3H3,(H,28,29). The molecule has 34 heavy (non-hydrogen) atoms. The summed E-state index contributed by atoms with van der Waals surface area (Å²) >= 11 is 0. The molecule has 0 atom stereocenters. The van der Waals surface area contributed by atoms with E-state index in [9.17, 15) is 4.79 Å². The van der Waals surface area contributed by atoms with Crippen LogP contribution in [-0.4, -0.2) is 65.7 Å². The average Bonchev–Trinajstić information content (AvgIpc) is 3.54. The number of aromatic nitrogens is 3. The van der Waals surface area contributed by atoms with Gasteiger partial charge < -0.3 is 29.2 Å². The fourth-order valence-electron chi connectivity index (χ4n) is 4.96. The van der Waals surface area contributed by atoms with Crippen molar-refractivity contribution in [3.05, 3.63) is 47.7 Å². The third kappa shape index (κ3) is 3.42. The number of ketones is 1. The number of anilines is 1. The van der Waals surface area contributed by atoms with Gasteiger partial charge in [-0.1, -0.05) is 6.07 Å². The summed E-state index contributed by atoms with van der Waals surface area (Å²) in [6, 6.07) is 12.1. The number of imidazole rings is 1. The molecule has 8 heteroatoms. The highest BCUT2D eigenvalue weighted by Gasteiger charge is 2.25. The molecule has 0 amide bonds. The number of Topliss-reactive ketones (excluding diaryl/α,β-unsaturated/α-hetero) is 1. The maximum atomic E-state index is 12.6. The van der Waals surface area contributed by atoms with Crippen molar-refractivity contribution in [3.8, 4) is 34.1 Å². The van der Waals surface area contributed by atoms with Crippen molar-refractivity contribution < 1.29 is 14.3 Å². The third-order valence-corrected chi connectivity index (χ3v) is 6.77. The van der Waals surface area contributed by atoms with E-state index in [2.05, 4.69) is 45.0 Å². The van der Waals surface area contributed by atoms with Crippen molar-refractivity contribution in [2.75, 3.05) is 44.9 Å². The molecule has 2 aliphatic rings. The normalized spacial score (nSPS) is 15.9. The number of fused-ring (bicyclic) bond motifs is 2. The summed E-state index contributed by atoms with van der Waals surface area (Å²) in [7, 11) is 2.16. The predicted molar refractivity (Wildman–Crippen MR) is 132 cm³/mol. The van der Waals surface area contributed by atoms with Gasteiger partial charge in [0, 0.05) is 48.7 Å². The topological polar surface area (TPSA) is 86.5 Å². The predicted octanol–water partition coefficient (Wildman–Crippen LogP) is 4.22. The fourth-order valence-corrected chi connectivity index (χ4v) is 4.96. The van der Waals surface area contributed by atoms with Crippen LogP contribution in [0.15, 0.2) is 36.4 Å². The summed E-state index contributed by atoms with van der Waals surface area (Å²) in [6.45, 7) is 7.85. The quantitative estimate of drug-likeness (QED) is 0.447. The van der Waals surface area contributed by atoms with Gasteiger partial charge in [-0.15, -0.1) is 0 Å². The summed E-state index contributed by atoms with van der Waals surface area (Å²) in [5.41, 5.74) is 7.02. The molecule has 2 aliphatic heterocycles. The van der Waals surface area contributed by atoms with E-state index in [-0.39, 0.29) is 12.6 Å². The highest BCUT2D eigenvalue weighted by Crippen LogP contribution is 2.41. The van der Waals surface area contributed by atoms with Gasteiger partial charge in [0.05, 0.1) is 16.7 Å². The summed E-state index contributed by atoms with van der Waals surface area (Å²) in [5.74, 6) is 2.09. The molecule has 0 aliphatic carbocycles. The molecule has 4 heterocycles. The first kappa shape index (κ1) is 20.8. The lowest BCUT2D eigenvalue weighted by atomic mass is 9.97. The third-order valence-electron chi connectivity index (χ3n) is 6.77. The lowest BCUT2D eigenvalue weighted by Crippen LogP contribution is -2.44. The zero-order chi connectivity index (χ0) is 23.4. The van der Waals surface area contributed by atoms with Gasteiger partial charge in [-0.3, -0.25) is 4.79 Å². The Morgan fingerprint density at radius 3 is 2.59 bits per heavy atom. The number of H-pyrrole nitrogens is 2. The van der Waals surface area contributed by atoms with Crippen molar-refractivity contribution in [1.82, 2.24) is 19.9 Å². The number of piperazine rings is 1. The number of nitrogens with one attached hydrogen (secondary N) is 2. The first-order valence-corrected chi connectivity index (χ1v) is 11.5. The van der Waals surface area contributed by atoms with Crippen LogP contribution in [0.2, 0.25) is 0 Å². The zero-order valence-corrected chi connectivity index (χ0v) is 19.6. The molecule has 6 rings (SSSR count). The Labute approximate surface area is 197 Å². The Morgan fingerprint density at radius 1 is 1.00 bits per heavy atom. The van der Waals surface area contributed by atoms with Gasteiger partial charge in [-0.25, -0.2) is 4.98 Å². The molecule has 1 fully saturated rings. The Kier molecular flexibility index (Phi) is 4.84. The molecule has 2 aromatic carbocycles. The number of carbonyl (C=O) groups is 1. The van der Waals surface area contributed by atoms with Crippen LogP contribution in [0.25, 0.3) is 33.7 Å². The van der Waals surface area contributed by atoms with Gasteiger partial charge in [0.2, 0.25) is 6.79 Å². The molecule has 8 nitrogen and oxygen atoms in total. The number of aryl methyl sites for hydroxylation is 1. The molecule has 174 valence electrons. The highest BCUT2D eigenvalue weighted by molar-refractivity contribution is 6.06. The second-order valence-corrected chi connectivity index (χ2v) is 9.08. The van der Waals surface area contributed by atoms with Gasteiger partial charge in [0.1, 0.15) is 0 Å². The SMILES string of the molecule is CC(=O)c1c(C)[nH]c(-c2nc3ccc(N4CCN(C)CC4)cc3[nH]2)c1-c1ccc2c(c1)OCO2. The zero-order valence-electron chi connectivity index (χ0n) is 19.6. The lowest BCUT2D eigenvalue weighted by molar-refractivity contribution is 0.101. The van der Waals surface area contributed by atoms with E-state index < -0.39 is 0 Å². The van der Waals surface area contributed by atoms with E-state index in [0.717, 1.165) is 59.7 Å². The average molecular weight is 458 g/mol. The molecule has 2 aromatic heterocycles.